The zero-order valence-electron chi connectivity index (χ0n) is 13.1. The standard InChI is InChI=1S/C18H18O5/c1-13-10-16(23-14(2)19)8-9-17(13)21-12-18(20)22-11-15-6-4-3-5-7-15/h3-10H,11-12H2,1-2H3. The fourth-order valence-electron chi connectivity index (χ4n) is 1.93. The van der Waals surface area contributed by atoms with Crippen LogP contribution in [0.4, 0.5) is 0 Å². The van der Waals surface area contributed by atoms with Crippen LogP contribution in [0.25, 0.3) is 0 Å². The molecule has 0 aliphatic carbocycles. The second kappa shape index (κ2) is 7.98. The monoisotopic (exact) mass is 314 g/mol. The van der Waals surface area contributed by atoms with E-state index in [0.29, 0.717) is 11.5 Å². The van der Waals surface area contributed by atoms with E-state index in [1.54, 1.807) is 25.1 Å². The summed E-state index contributed by atoms with van der Waals surface area (Å²) in [6.07, 6.45) is 0. The van der Waals surface area contributed by atoms with Crippen molar-refractivity contribution >= 4 is 11.9 Å². The molecular formula is C18H18O5. The van der Waals surface area contributed by atoms with E-state index in [0.717, 1.165) is 11.1 Å². The Hall–Kier alpha value is -2.82. The minimum Gasteiger partial charge on any atom is -0.482 e. The summed E-state index contributed by atoms with van der Waals surface area (Å²) in [6, 6.07) is 14.4. The van der Waals surface area contributed by atoms with Crippen LogP contribution in [0.5, 0.6) is 11.5 Å². The smallest absolute Gasteiger partial charge is 0.344 e. The Morgan fingerprint density at radius 2 is 1.78 bits per heavy atom. The van der Waals surface area contributed by atoms with Gasteiger partial charge in [0.1, 0.15) is 18.1 Å². The molecule has 0 heterocycles. The van der Waals surface area contributed by atoms with Crippen molar-refractivity contribution in [3.63, 3.8) is 0 Å². The van der Waals surface area contributed by atoms with Crippen molar-refractivity contribution < 1.29 is 23.8 Å². The Morgan fingerprint density at radius 1 is 1.04 bits per heavy atom. The number of hydrogen-bond donors (Lipinski definition) is 0. The van der Waals surface area contributed by atoms with E-state index in [1.807, 2.05) is 30.3 Å². The molecule has 0 aromatic heterocycles. The molecule has 0 radical (unpaired) electrons. The lowest BCUT2D eigenvalue weighted by atomic mass is 10.2. The van der Waals surface area contributed by atoms with Gasteiger partial charge in [0.2, 0.25) is 0 Å². The Labute approximate surface area is 134 Å². The highest BCUT2D eigenvalue weighted by atomic mass is 16.6. The van der Waals surface area contributed by atoms with Crippen LogP contribution in [-0.2, 0) is 20.9 Å². The van der Waals surface area contributed by atoms with Crippen LogP contribution < -0.4 is 9.47 Å². The first-order valence-electron chi connectivity index (χ1n) is 7.16. The molecule has 0 aliphatic rings. The summed E-state index contributed by atoms with van der Waals surface area (Å²) in [4.78, 5) is 22.6. The van der Waals surface area contributed by atoms with E-state index in [-0.39, 0.29) is 19.2 Å². The van der Waals surface area contributed by atoms with Crippen molar-refractivity contribution in [3.05, 3.63) is 59.7 Å². The summed E-state index contributed by atoms with van der Waals surface area (Å²) in [5.74, 6) is 0.145. The average Bonchev–Trinajstić information content (AvgIpc) is 2.52. The number of carbonyl (C=O) groups excluding carboxylic acids is 2. The van der Waals surface area contributed by atoms with E-state index in [9.17, 15) is 9.59 Å². The topological polar surface area (TPSA) is 61.8 Å². The molecular weight excluding hydrogens is 296 g/mol. The minimum atomic E-state index is -0.447. The van der Waals surface area contributed by atoms with Gasteiger partial charge in [-0.15, -0.1) is 0 Å². The fourth-order valence-corrected chi connectivity index (χ4v) is 1.93. The molecule has 5 heteroatoms. The molecule has 0 amide bonds. The van der Waals surface area contributed by atoms with Crippen molar-refractivity contribution in [1.29, 1.82) is 0 Å². The van der Waals surface area contributed by atoms with Gasteiger partial charge in [0.15, 0.2) is 6.61 Å². The van der Waals surface area contributed by atoms with E-state index >= 15 is 0 Å². The van der Waals surface area contributed by atoms with Crippen LogP contribution >= 0.6 is 0 Å². The van der Waals surface area contributed by atoms with Crippen molar-refractivity contribution in [1.82, 2.24) is 0 Å². The fraction of sp³-hybridized carbons (Fsp3) is 0.222. The minimum absolute atomic E-state index is 0.180. The molecule has 120 valence electrons. The Kier molecular flexibility index (Phi) is 5.74. The molecule has 0 bridgehead atoms. The number of rotatable bonds is 6. The molecule has 0 saturated carbocycles. The lowest BCUT2D eigenvalue weighted by molar-refractivity contribution is -0.147. The first kappa shape index (κ1) is 16.5. The van der Waals surface area contributed by atoms with Crippen LogP contribution in [0.2, 0.25) is 0 Å². The number of aryl methyl sites for hydroxylation is 1. The quantitative estimate of drug-likeness (QED) is 0.606. The second-order valence-electron chi connectivity index (χ2n) is 4.96. The van der Waals surface area contributed by atoms with Gasteiger partial charge in [0.05, 0.1) is 0 Å². The van der Waals surface area contributed by atoms with Gasteiger partial charge < -0.3 is 14.2 Å². The van der Waals surface area contributed by atoms with Crippen LogP contribution in [0, 0.1) is 6.92 Å². The van der Waals surface area contributed by atoms with Crippen molar-refractivity contribution in [3.8, 4) is 11.5 Å². The second-order valence-corrected chi connectivity index (χ2v) is 4.96. The maximum absolute atomic E-state index is 11.7. The number of ether oxygens (including phenoxy) is 3. The molecule has 0 fully saturated rings. The Balaban J connectivity index is 1.83. The largest absolute Gasteiger partial charge is 0.482 e. The summed E-state index contributed by atoms with van der Waals surface area (Å²) in [5, 5.41) is 0. The number of benzene rings is 2. The third-order valence-electron chi connectivity index (χ3n) is 3.00. The summed E-state index contributed by atoms with van der Waals surface area (Å²) in [6.45, 7) is 3.17. The maximum Gasteiger partial charge on any atom is 0.344 e. The molecule has 0 spiro atoms. The summed E-state index contributed by atoms with van der Waals surface area (Å²) in [5.41, 5.74) is 1.68. The summed E-state index contributed by atoms with van der Waals surface area (Å²) in [7, 11) is 0. The van der Waals surface area contributed by atoms with Crippen molar-refractivity contribution in [2.24, 2.45) is 0 Å². The molecule has 0 saturated heterocycles. The molecule has 0 unspecified atom stereocenters. The zero-order chi connectivity index (χ0) is 16.7. The molecule has 0 aliphatic heterocycles. The van der Waals surface area contributed by atoms with Crippen LogP contribution in [0.1, 0.15) is 18.1 Å². The Morgan fingerprint density at radius 3 is 2.43 bits per heavy atom. The number of esters is 2. The van der Waals surface area contributed by atoms with E-state index < -0.39 is 5.97 Å². The van der Waals surface area contributed by atoms with Crippen LogP contribution in [0.15, 0.2) is 48.5 Å². The van der Waals surface area contributed by atoms with E-state index in [1.165, 1.54) is 6.92 Å². The first-order valence-corrected chi connectivity index (χ1v) is 7.16. The predicted octanol–water partition coefficient (Wildman–Crippen LogP) is 3.04. The number of carbonyl (C=O) groups is 2. The van der Waals surface area contributed by atoms with Gasteiger partial charge in [-0.1, -0.05) is 30.3 Å². The first-order chi connectivity index (χ1) is 11.0. The number of hydrogen-bond acceptors (Lipinski definition) is 5. The van der Waals surface area contributed by atoms with Crippen molar-refractivity contribution in [2.45, 2.75) is 20.5 Å². The SMILES string of the molecule is CC(=O)Oc1ccc(OCC(=O)OCc2ccccc2)c(C)c1. The third kappa shape index (κ3) is 5.47. The predicted molar refractivity (Wildman–Crippen MR) is 84.2 cm³/mol. The highest BCUT2D eigenvalue weighted by Crippen LogP contribution is 2.23. The van der Waals surface area contributed by atoms with Gasteiger partial charge in [-0.25, -0.2) is 4.79 Å². The van der Waals surface area contributed by atoms with Gasteiger partial charge in [0.25, 0.3) is 0 Å². The molecule has 0 atom stereocenters. The molecule has 2 rings (SSSR count). The third-order valence-corrected chi connectivity index (χ3v) is 3.00. The van der Waals surface area contributed by atoms with Gasteiger partial charge in [-0.05, 0) is 36.2 Å². The molecule has 2 aromatic carbocycles. The van der Waals surface area contributed by atoms with Gasteiger partial charge in [-0.2, -0.15) is 0 Å². The normalized spacial score (nSPS) is 10.0. The van der Waals surface area contributed by atoms with Gasteiger partial charge in [0, 0.05) is 6.92 Å². The van der Waals surface area contributed by atoms with E-state index in [4.69, 9.17) is 14.2 Å². The highest BCUT2D eigenvalue weighted by Gasteiger charge is 2.08. The molecule has 5 nitrogen and oxygen atoms in total. The summed E-state index contributed by atoms with van der Waals surface area (Å²) < 4.78 is 15.5. The molecule has 23 heavy (non-hydrogen) atoms. The summed E-state index contributed by atoms with van der Waals surface area (Å²) >= 11 is 0. The Bertz CT molecular complexity index is 679. The maximum atomic E-state index is 11.7. The highest BCUT2D eigenvalue weighted by molar-refractivity contribution is 5.71. The van der Waals surface area contributed by atoms with Crippen LogP contribution in [0.3, 0.4) is 0 Å². The molecule has 2 aromatic rings. The lowest BCUT2D eigenvalue weighted by Crippen LogP contribution is -2.15. The van der Waals surface area contributed by atoms with E-state index in [2.05, 4.69) is 0 Å². The van der Waals surface area contributed by atoms with Gasteiger partial charge in [-0.3, -0.25) is 4.79 Å². The van der Waals surface area contributed by atoms with Gasteiger partial charge >= 0.3 is 11.9 Å². The zero-order valence-corrected chi connectivity index (χ0v) is 13.1. The average molecular weight is 314 g/mol. The lowest BCUT2D eigenvalue weighted by Gasteiger charge is -2.10. The molecule has 0 N–H and O–H groups in total. The van der Waals surface area contributed by atoms with Crippen molar-refractivity contribution in [2.75, 3.05) is 6.61 Å². The van der Waals surface area contributed by atoms with Crippen LogP contribution in [-0.4, -0.2) is 18.5 Å².